The molecular weight excluding hydrogens is 452 g/mol. The Hall–Kier alpha value is -3.85. The number of thiazole rings is 1. The van der Waals surface area contributed by atoms with Gasteiger partial charge in [0, 0.05) is 34.4 Å². The highest BCUT2D eigenvalue weighted by atomic mass is 32.1. The van der Waals surface area contributed by atoms with Gasteiger partial charge in [-0.05, 0) is 49.2 Å². The average molecular weight is 475 g/mol. The Morgan fingerprint density at radius 1 is 0.882 bits per heavy atom. The number of fused-ring (bicyclic) bond motifs is 1. The van der Waals surface area contributed by atoms with E-state index in [1.165, 1.54) is 22.3 Å². The van der Waals surface area contributed by atoms with Crippen LogP contribution in [0, 0.1) is 0 Å². The fourth-order valence-corrected chi connectivity index (χ4v) is 4.99. The SMILES string of the molecule is O=C(Nc1cccc(C(=O)Nc2nccs2)c1)c1ccc2c(c1)C(=O)N(C1CCCCC1)C2=O. The van der Waals surface area contributed by atoms with Gasteiger partial charge in [0.1, 0.15) is 0 Å². The summed E-state index contributed by atoms with van der Waals surface area (Å²) >= 11 is 1.31. The predicted octanol–water partition coefficient (Wildman–Crippen LogP) is 4.58. The average Bonchev–Trinajstić information content (AvgIpc) is 3.45. The Balaban J connectivity index is 1.31. The number of amides is 4. The van der Waals surface area contributed by atoms with Crippen molar-refractivity contribution in [1.29, 1.82) is 0 Å². The van der Waals surface area contributed by atoms with Gasteiger partial charge in [0.05, 0.1) is 11.1 Å². The molecule has 8 nitrogen and oxygen atoms in total. The summed E-state index contributed by atoms with van der Waals surface area (Å²) in [7, 11) is 0. The first-order chi connectivity index (χ1) is 16.5. The summed E-state index contributed by atoms with van der Waals surface area (Å²) in [6, 6.07) is 11.0. The molecule has 5 rings (SSSR count). The minimum atomic E-state index is -0.434. The van der Waals surface area contributed by atoms with E-state index in [4.69, 9.17) is 0 Å². The minimum absolute atomic E-state index is 0.0725. The van der Waals surface area contributed by atoms with E-state index in [1.807, 2.05) is 0 Å². The molecule has 2 heterocycles. The van der Waals surface area contributed by atoms with E-state index in [9.17, 15) is 19.2 Å². The second-order valence-corrected chi connectivity index (χ2v) is 9.25. The lowest BCUT2D eigenvalue weighted by Gasteiger charge is -2.29. The molecule has 0 unspecified atom stereocenters. The number of carbonyl (C=O) groups excluding carboxylic acids is 4. The summed E-state index contributed by atoms with van der Waals surface area (Å²) in [6.45, 7) is 0. The molecule has 1 aliphatic heterocycles. The highest BCUT2D eigenvalue weighted by Crippen LogP contribution is 2.31. The third-order valence-corrected chi connectivity index (χ3v) is 6.84. The van der Waals surface area contributed by atoms with Crippen LogP contribution in [0.2, 0.25) is 0 Å². The highest BCUT2D eigenvalue weighted by molar-refractivity contribution is 7.13. The van der Waals surface area contributed by atoms with E-state index in [0.717, 1.165) is 32.1 Å². The Labute approximate surface area is 200 Å². The maximum Gasteiger partial charge on any atom is 0.261 e. The van der Waals surface area contributed by atoms with Crippen LogP contribution in [0.15, 0.2) is 54.0 Å². The van der Waals surface area contributed by atoms with Crippen molar-refractivity contribution < 1.29 is 19.2 Å². The molecule has 0 spiro atoms. The second-order valence-electron chi connectivity index (χ2n) is 8.36. The van der Waals surface area contributed by atoms with Crippen LogP contribution in [0.1, 0.15) is 73.5 Å². The normalized spacial score (nSPS) is 15.8. The summed E-state index contributed by atoms with van der Waals surface area (Å²) in [6.07, 6.45) is 6.38. The van der Waals surface area contributed by atoms with E-state index >= 15 is 0 Å². The molecule has 4 amide bonds. The van der Waals surface area contributed by atoms with Gasteiger partial charge in [-0.15, -0.1) is 11.3 Å². The number of imide groups is 1. The summed E-state index contributed by atoms with van der Waals surface area (Å²) in [5.74, 6) is -1.38. The molecule has 0 saturated heterocycles. The molecule has 0 radical (unpaired) electrons. The molecule has 2 aromatic carbocycles. The number of nitrogens with zero attached hydrogens (tertiary/aromatic N) is 2. The van der Waals surface area contributed by atoms with Crippen molar-refractivity contribution in [1.82, 2.24) is 9.88 Å². The number of rotatable bonds is 5. The minimum Gasteiger partial charge on any atom is -0.322 e. The van der Waals surface area contributed by atoms with Crippen molar-refractivity contribution in [3.05, 3.63) is 76.3 Å². The highest BCUT2D eigenvalue weighted by Gasteiger charge is 2.40. The fourth-order valence-electron chi connectivity index (χ4n) is 4.47. The first-order valence-corrected chi connectivity index (χ1v) is 12.0. The van der Waals surface area contributed by atoms with Gasteiger partial charge in [-0.25, -0.2) is 4.98 Å². The lowest BCUT2D eigenvalue weighted by Crippen LogP contribution is -2.40. The molecule has 2 aliphatic rings. The van der Waals surface area contributed by atoms with Crippen LogP contribution in [-0.2, 0) is 0 Å². The van der Waals surface area contributed by atoms with Crippen molar-refractivity contribution in [2.24, 2.45) is 0 Å². The zero-order valence-electron chi connectivity index (χ0n) is 18.2. The maximum atomic E-state index is 13.0. The van der Waals surface area contributed by atoms with Gasteiger partial charge in [-0.1, -0.05) is 25.3 Å². The van der Waals surface area contributed by atoms with Crippen molar-refractivity contribution in [3.8, 4) is 0 Å². The molecule has 1 aromatic heterocycles. The van der Waals surface area contributed by atoms with E-state index in [-0.39, 0.29) is 34.9 Å². The zero-order chi connectivity index (χ0) is 23.7. The number of benzene rings is 2. The Kier molecular flexibility index (Phi) is 5.93. The first kappa shape index (κ1) is 22.0. The van der Waals surface area contributed by atoms with Gasteiger partial charge < -0.3 is 5.32 Å². The van der Waals surface area contributed by atoms with Crippen molar-refractivity contribution in [2.75, 3.05) is 10.6 Å². The molecule has 1 aliphatic carbocycles. The fraction of sp³-hybridized carbons (Fsp3) is 0.240. The molecule has 1 fully saturated rings. The number of nitrogens with one attached hydrogen (secondary N) is 2. The van der Waals surface area contributed by atoms with Crippen LogP contribution < -0.4 is 10.6 Å². The van der Waals surface area contributed by atoms with Crippen LogP contribution in [0.25, 0.3) is 0 Å². The molecule has 0 bridgehead atoms. The summed E-state index contributed by atoms with van der Waals surface area (Å²) in [4.78, 5) is 56.6. The van der Waals surface area contributed by atoms with Crippen molar-refractivity contribution in [3.63, 3.8) is 0 Å². The Morgan fingerprint density at radius 2 is 1.62 bits per heavy atom. The standard InChI is InChI=1S/C25H22N4O4S/c30-21(27-17-6-4-5-15(13-17)22(31)28-25-26-11-12-34-25)16-9-10-19-20(14-16)24(33)29(23(19)32)18-7-2-1-3-8-18/h4-6,9-14,18H,1-3,7-8H2,(H,27,30)(H,26,28,31). The molecule has 2 N–H and O–H groups in total. The van der Waals surface area contributed by atoms with Crippen LogP contribution >= 0.6 is 11.3 Å². The van der Waals surface area contributed by atoms with Gasteiger partial charge in [0.2, 0.25) is 0 Å². The maximum absolute atomic E-state index is 13.0. The summed E-state index contributed by atoms with van der Waals surface area (Å²) in [5.41, 5.74) is 1.67. The van der Waals surface area contributed by atoms with Crippen LogP contribution in [0.4, 0.5) is 10.8 Å². The lowest BCUT2D eigenvalue weighted by atomic mass is 9.94. The van der Waals surface area contributed by atoms with Crippen LogP contribution in [0.5, 0.6) is 0 Å². The van der Waals surface area contributed by atoms with Crippen LogP contribution in [0.3, 0.4) is 0 Å². The molecular formula is C25H22N4O4S. The molecule has 9 heteroatoms. The molecule has 172 valence electrons. The van der Waals surface area contributed by atoms with Gasteiger partial charge in [0.15, 0.2) is 5.13 Å². The van der Waals surface area contributed by atoms with E-state index in [1.54, 1.807) is 48.0 Å². The van der Waals surface area contributed by atoms with Gasteiger partial charge in [0.25, 0.3) is 23.6 Å². The van der Waals surface area contributed by atoms with Gasteiger partial charge in [-0.3, -0.25) is 29.4 Å². The van der Waals surface area contributed by atoms with E-state index in [0.29, 0.717) is 21.9 Å². The van der Waals surface area contributed by atoms with Crippen LogP contribution in [-0.4, -0.2) is 39.6 Å². The molecule has 0 atom stereocenters. The smallest absolute Gasteiger partial charge is 0.261 e. The largest absolute Gasteiger partial charge is 0.322 e. The third kappa shape index (κ3) is 4.22. The van der Waals surface area contributed by atoms with Crippen molar-refractivity contribution >= 4 is 45.8 Å². The number of hydrogen-bond acceptors (Lipinski definition) is 6. The quantitative estimate of drug-likeness (QED) is 0.527. The Morgan fingerprint density at radius 3 is 2.38 bits per heavy atom. The first-order valence-electron chi connectivity index (χ1n) is 11.2. The molecule has 34 heavy (non-hydrogen) atoms. The number of anilines is 2. The molecule has 3 aromatic rings. The third-order valence-electron chi connectivity index (χ3n) is 6.16. The Bertz CT molecular complexity index is 1280. The van der Waals surface area contributed by atoms with Gasteiger partial charge >= 0.3 is 0 Å². The second kappa shape index (κ2) is 9.18. The summed E-state index contributed by atoms with van der Waals surface area (Å²) < 4.78 is 0. The van der Waals surface area contributed by atoms with E-state index < -0.39 is 5.91 Å². The number of hydrogen-bond donors (Lipinski definition) is 2. The zero-order valence-corrected chi connectivity index (χ0v) is 19.1. The lowest BCUT2D eigenvalue weighted by molar-refractivity contribution is 0.0548. The number of aromatic nitrogens is 1. The van der Waals surface area contributed by atoms with Gasteiger partial charge in [-0.2, -0.15) is 0 Å². The predicted molar refractivity (Wildman–Crippen MR) is 128 cm³/mol. The summed E-state index contributed by atoms with van der Waals surface area (Å²) in [5, 5.41) is 7.71. The van der Waals surface area contributed by atoms with E-state index in [2.05, 4.69) is 15.6 Å². The topological polar surface area (TPSA) is 108 Å². The molecule has 1 saturated carbocycles. The van der Waals surface area contributed by atoms with Crippen molar-refractivity contribution in [2.45, 2.75) is 38.1 Å². The monoisotopic (exact) mass is 474 g/mol. The number of carbonyl (C=O) groups is 4.